The molecule has 10 heteroatoms. The summed E-state index contributed by atoms with van der Waals surface area (Å²) < 4.78 is 19.1. The van der Waals surface area contributed by atoms with Crippen LogP contribution < -0.4 is 4.74 Å². The third-order valence-electron chi connectivity index (χ3n) is 5.17. The second kappa shape index (κ2) is 9.15. The SMILES string of the molecule is COc1ccc(C(O)=C2C(=O)C(=O)N(CCN(C)C)[C@H]2c2ccc([N+](=O)[O-])cc2)cc1F. The summed E-state index contributed by atoms with van der Waals surface area (Å²) in [5.74, 6) is -3.06. The van der Waals surface area contributed by atoms with Crippen LogP contribution in [0.5, 0.6) is 5.75 Å². The smallest absolute Gasteiger partial charge is 0.295 e. The molecular formula is C22H22FN3O6. The zero-order valence-corrected chi connectivity index (χ0v) is 17.7. The Bertz CT molecular complexity index is 1100. The molecule has 0 radical (unpaired) electrons. The molecule has 168 valence electrons. The van der Waals surface area contributed by atoms with Gasteiger partial charge in [-0.2, -0.15) is 0 Å². The van der Waals surface area contributed by atoms with Crippen LogP contribution in [0.1, 0.15) is 17.2 Å². The molecule has 1 saturated heterocycles. The number of aliphatic hydroxyl groups is 1. The minimum absolute atomic E-state index is 0.000760. The van der Waals surface area contributed by atoms with Gasteiger partial charge in [0, 0.05) is 30.8 Å². The second-order valence-corrected chi connectivity index (χ2v) is 7.49. The summed E-state index contributed by atoms with van der Waals surface area (Å²) in [6.07, 6.45) is 0. The number of hydrogen-bond donors (Lipinski definition) is 1. The molecule has 0 aliphatic carbocycles. The Morgan fingerprint density at radius 1 is 1.22 bits per heavy atom. The molecule has 1 N–H and O–H groups in total. The first-order valence-electron chi connectivity index (χ1n) is 9.67. The third kappa shape index (κ3) is 4.30. The maximum absolute atomic E-state index is 14.2. The molecule has 0 unspecified atom stereocenters. The molecule has 2 aromatic rings. The first-order valence-corrected chi connectivity index (χ1v) is 9.67. The van der Waals surface area contributed by atoms with Crippen LogP contribution in [0.4, 0.5) is 10.1 Å². The van der Waals surface area contributed by atoms with Crippen molar-refractivity contribution in [3.8, 4) is 5.75 Å². The number of halogens is 1. The van der Waals surface area contributed by atoms with Gasteiger partial charge in [-0.25, -0.2) is 4.39 Å². The zero-order chi connectivity index (χ0) is 23.6. The second-order valence-electron chi connectivity index (χ2n) is 7.49. The van der Waals surface area contributed by atoms with Crippen LogP contribution in [-0.2, 0) is 9.59 Å². The van der Waals surface area contributed by atoms with Crippen LogP contribution in [-0.4, -0.2) is 65.8 Å². The highest BCUT2D eigenvalue weighted by Crippen LogP contribution is 2.40. The molecule has 0 aromatic heterocycles. The van der Waals surface area contributed by atoms with Gasteiger partial charge in [-0.05, 0) is 50.0 Å². The van der Waals surface area contributed by atoms with E-state index in [9.17, 15) is 29.2 Å². The van der Waals surface area contributed by atoms with Crippen molar-refractivity contribution in [1.82, 2.24) is 9.80 Å². The predicted octanol–water partition coefficient (Wildman–Crippen LogP) is 2.73. The molecule has 3 rings (SSSR count). The van der Waals surface area contributed by atoms with E-state index in [4.69, 9.17) is 4.74 Å². The van der Waals surface area contributed by atoms with E-state index in [0.717, 1.165) is 6.07 Å². The number of hydrogen-bond acceptors (Lipinski definition) is 7. The predicted molar refractivity (Wildman–Crippen MR) is 114 cm³/mol. The number of likely N-dealkylation sites (N-methyl/N-ethyl adjacent to an activating group) is 1. The summed E-state index contributed by atoms with van der Waals surface area (Å²) in [6.45, 7) is 0.612. The molecule has 1 amide bonds. The topological polar surface area (TPSA) is 113 Å². The van der Waals surface area contributed by atoms with E-state index >= 15 is 0 Å². The van der Waals surface area contributed by atoms with Gasteiger partial charge in [0.2, 0.25) is 0 Å². The van der Waals surface area contributed by atoms with E-state index in [1.165, 1.54) is 48.4 Å². The van der Waals surface area contributed by atoms with Crippen LogP contribution in [0.2, 0.25) is 0 Å². The minimum Gasteiger partial charge on any atom is -0.507 e. The van der Waals surface area contributed by atoms with Crippen molar-refractivity contribution in [1.29, 1.82) is 0 Å². The molecule has 1 fully saturated rings. The Labute approximate surface area is 183 Å². The van der Waals surface area contributed by atoms with Gasteiger partial charge in [-0.15, -0.1) is 0 Å². The molecule has 0 spiro atoms. The molecule has 0 bridgehead atoms. The van der Waals surface area contributed by atoms with Gasteiger partial charge in [0.1, 0.15) is 5.76 Å². The molecule has 1 aliphatic heterocycles. The van der Waals surface area contributed by atoms with Crippen molar-refractivity contribution in [2.75, 3.05) is 34.3 Å². The van der Waals surface area contributed by atoms with Gasteiger partial charge in [0.25, 0.3) is 17.4 Å². The number of amides is 1. The summed E-state index contributed by atoms with van der Waals surface area (Å²) in [6, 6.07) is 8.07. The normalized spacial score (nSPS) is 17.8. The lowest BCUT2D eigenvalue weighted by Gasteiger charge is -2.26. The summed E-state index contributed by atoms with van der Waals surface area (Å²) >= 11 is 0. The molecule has 0 saturated carbocycles. The monoisotopic (exact) mass is 443 g/mol. The maximum Gasteiger partial charge on any atom is 0.295 e. The number of carbonyl (C=O) groups is 2. The quantitative estimate of drug-likeness (QED) is 0.230. The number of Topliss-reactive ketones (excluding diaryl/α,β-unsaturated/α-hetero) is 1. The Morgan fingerprint density at radius 2 is 1.88 bits per heavy atom. The minimum atomic E-state index is -0.985. The third-order valence-corrected chi connectivity index (χ3v) is 5.17. The number of nitrogens with zero attached hydrogens (tertiary/aromatic N) is 3. The fourth-order valence-corrected chi connectivity index (χ4v) is 3.51. The first-order chi connectivity index (χ1) is 15.1. The summed E-state index contributed by atoms with van der Waals surface area (Å²) in [5, 5.41) is 21.9. The number of non-ortho nitro benzene ring substituents is 1. The molecule has 1 aliphatic rings. The Hall–Kier alpha value is -3.79. The van der Waals surface area contributed by atoms with Crippen LogP contribution in [0.3, 0.4) is 0 Å². The number of nitro benzene ring substituents is 1. The van der Waals surface area contributed by atoms with Gasteiger partial charge >= 0.3 is 0 Å². The average molecular weight is 443 g/mol. The lowest BCUT2D eigenvalue weighted by atomic mass is 9.95. The standard InChI is InChI=1S/C22H22FN3O6/c1-24(2)10-11-25-19(13-4-7-15(8-5-13)26(30)31)18(21(28)22(25)29)20(27)14-6-9-17(32-3)16(23)12-14/h4-9,12,19,27H,10-11H2,1-3H3/t19-/m0/s1. The molecular weight excluding hydrogens is 421 g/mol. The highest BCUT2D eigenvalue weighted by molar-refractivity contribution is 6.46. The van der Waals surface area contributed by atoms with Crippen molar-refractivity contribution in [3.63, 3.8) is 0 Å². The number of carbonyl (C=O) groups excluding carboxylic acids is 2. The van der Waals surface area contributed by atoms with E-state index in [1.807, 2.05) is 4.90 Å². The Kier molecular flexibility index (Phi) is 6.54. The van der Waals surface area contributed by atoms with Crippen LogP contribution in [0, 0.1) is 15.9 Å². The van der Waals surface area contributed by atoms with Crippen molar-refractivity contribution >= 4 is 23.1 Å². The van der Waals surface area contributed by atoms with Gasteiger partial charge in [-0.1, -0.05) is 0 Å². The van der Waals surface area contributed by atoms with Crippen molar-refractivity contribution < 1.29 is 28.7 Å². The number of likely N-dealkylation sites (tertiary alicyclic amines) is 1. The zero-order valence-electron chi connectivity index (χ0n) is 17.7. The van der Waals surface area contributed by atoms with E-state index < -0.39 is 34.2 Å². The Balaban J connectivity index is 2.15. The van der Waals surface area contributed by atoms with Gasteiger partial charge in [0.05, 0.1) is 23.6 Å². The summed E-state index contributed by atoms with van der Waals surface area (Å²) in [5.41, 5.74) is 0.0355. The number of benzene rings is 2. The molecule has 1 atom stereocenters. The number of nitro groups is 1. The van der Waals surface area contributed by atoms with Gasteiger partial charge < -0.3 is 19.6 Å². The molecule has 32 heavy (non-hydrogen) atoms. The number of methoxy groups -OCH3 is 1. The number of aliphatic hydroxyl groups excluding tert-OH is 1. The number of rotatable bonds is 7. The number of ether oxygens (including phenoxy) is 1. The van der Waals surface area contributed by atoms with Crippen LogP contribution in [0.25, 0.3) is 5.76 Å². The molecule has 1 heterocycles. The summed E-state index contributed by atoms with van der Waals surface area (Å²) in [4.78, 5) is 39.3. The largest absolute Gasteiger partial charge is 0.507 e. The van der Waals surface area contributed by atoms with Crippen molar-refractivity contribution in [2.45, 2.75) is 6.04 Å². The fourth-order valence-electron chi connectivity index (χ4n) is 3.51. The van der Waals surface area contributed by atoms with Crippen LogP contribution in [0.15, 0.2) is 48.0 Å². The van der Waals surface area contributed by atoms with E-state index in [2.05, 4.69) is 0 Å². The highest BCUT2D eigenvalue weighted by Gasteiger charge is 2.46. The number of ketones is 1. The lowest BCUT2D eigenvalue weighted by Crippen LogP contribution is -2.35. The van der Waals surface area contributed by atoms with Crippen LogP contribution >= 0.6 is 0 Å². The Morgan fingerprint density at radius 3 is 2.41 bits per heavy atom. The van der Waals surface area contributed by atoms with E-state index in [-0.39, 0.29) is 29.1 Å². The van der Waals surface area contributed by atoms with Crippen molar-refractivity contribution in [3.05, 3.63) is 75.1 Å². The van der Waals surface area contributed by atoms with E-state index in [1.54, 1.807) is 14.1 Å². The van der Waals surface area contributed by atoms with Gasteiger partial charge in [0.15, 0.2) is 11.6 Å². The first kappa shape index (κ1) is 22.9. The van der Waals surface area contributed by atoms with Crippen molar-refractivity contribution in [2.24, 2.45) is 0 Å². The highest BCUT2D eigenvalue weighted by atomic mass is 19.1. The molecule has 2 aromatic carbocycles. The maximum atomic E-state index is 14.2. The average Bonchev–Trinajstić information content (AvgIpc) is 3.01. The lowest BCUT2D eigenvalue weighted by molar-refractivity contribution is -0.384. The fraction of sp³-hybridized carbons (Fsp3) is 0.273. The van der Waals surface area contributed by atoms with E-state index in [0.29, 0.717) is 12.1 Å². The molecule has 9 nitrogen and oxygen atoms in total. The summed E-state index contributed by atoms with van der Waals surface area (Å²) in [7, 11) is 4.90. The van der Waals surface area contributed by atoms with Gasteiger partial charge in [-0.3, -0.25) is 19.7 Å².